The number of hydrogen-bond acceptors (Lipinski definition) is 6. The lowest BCUT2D eigenvalue weighted by Gasteiger charge is -2.27. The molecule has 0 aliphatic carbocycles. The minimum Gasteiger partial charge on any atom is -0.364 e. The van der Waals surface area contributed by atoms with Gasteiger partial charge >= 0.3 is 0 Å². The number of hydrogen-bond donors (Lipinski definition) is 2. The summed E-state index contributed by atoms with van der Waals surface area (Å²) in [4.78, 5) is 33.9. The molecular weight excluding hydrogens is 580 g/mol. The molecule has 1 spiro atoms. The molecule has 1 atom stereocenters. The predicted molar refractivity (Wildman–Crippen MR) is 167 cm³/mol. The first kappa shape index (κ1) is 31.8. The second-order valence-corrected chi connectivity index (χ2v) is 11.3. The van der Waals surface area contributed by atoms with Crippen LogP contribution in [0.5, 0.6) is 0 Å². The number of aromatic nitrogens is 2. The van der Waals surface area contributed by atoms with Gasteiger partial charge in [0.2, 0.25) is 12.3 Å². The summed E-state index contributed by atoms with van der Waals surface area (Å²) in [5.74, 6) is -1.86. The Balaban J connectivity index is 0.000000256. The maximum atomic E-state index is 14.1. The van der Waals surface area contributed by atoms with E-state index in [1.807, 2.05) is 54.0 Å². The first-order valence-electron chi connectivity index (χ1n) is 14.8. The molecule has 2 N–H and O–H groups in total. The van der Waals surface area contributed by atoms with Crippen molar-refractivity contribution in [3.8, 4) is 11.1 Å². The quantitative estimate of drug-likeness (QED) is 0.255. The molecule has 4 heterocycles. The number of pyridine rings is 1. The van der Waals surface area contributed by atoms with Gasteiger partial charge in [-0.2, -0.15) is 0 Å². The van der Waals surface area contributed by atoms with Gasteiger partial charge in [-0.3, -0.25) is 14.6 Å². The molecule has 2 saturated heterocycles. The zero-order valence-corrected chi connectivity index (χ0v) is 25.4. The SMILES string of the molecule is C=CN(CC(=O)N1CC2(CC1C)OCCO2)Cc1ccc(-c2ccc(F)cc2F)cc1C.O=CNCc1cc2cnccc2[nH]1. The Morgan fingerprint density at radius 2 is 2.00 bits per heavy atom. The Morgan fingerprint density at radius 3 is 2.69 bits per heavy atom. The number of ether oxygens (including phenoxy) is 2. The fourth-order valence-electron chi connectivity index (χ4n) is 5.79. The number of amides is 2. The zero-order chi connectivity index (χ0) is 32.0. The van der Waals surface area contributed by atoms with Crippen molar-refractivity contribution in [3.63, 3.8) is 0 Å². The van der Waals surface area contributed by atoms with E-state index in [9.17, 15) is 18.4 Å². The van der Waals surface area contributed by atoms with Crippen LogP contribution >= 0.6 is 0 Å². The largest absolute Gasteiger partial charge is 0.364 e. The molecule has 0 radical (unpaired) electrons. The van der Waals surface area contributed by atoms with Gasteiger partial charge in [-0.1, -0.05) is 24.8 Å². The maximum Gasteiger partial charge on any atom is 0.242 e. The molecule has 45 heavy (non-hydrogen) atoms. The molecule has 2 aromatic carbocycles. The molecule has 0 saturated carbocycles. The number of carbonyl (C=O) groups excluding carboxylic acids is 2. The van der Waals surface area contributed by atoms with Crippen LogP contribution in [0.25, 0.3) is 22.0 Å². The van der Waals surface area contributed by atoms with E-state index in [1.54, 1.807) is 18.6 Å². The number of rotatable bonds is 9. The number of likely N-dealkylation sites (tertiary alicyclic amines) is 1. The number of nitrogens with one attached hydrogen (secondary N) is 2. The second kappa shape index (κ2) is 14.0. The second-order valence-electron chi connectivity index (χ2n) is 11.3. The highest BCUT2D eigenvalue weighted by atomic mass is 19.1. The van der Waals surface area contributed by atoms with E-state index in [0.717, 1.165) is 33.8 Å². The van der Waals surface area contributed by atoms with Crippen LogP contribution < -0.4 is 5.32 Å². The summed E-state index contributed by atoms with van der Waals surface area (Å²) in [6.45, 7) is 10.6. The van der Waals surface area contributed by atoms with Crippen LogP contribution in [0.15, 0.2) is 73.7 Å². The average Bonchev–Trinajstić information content (AvgIpc) is 3.75. The molecule has 2 aliphatic heterocycles. The Kier molecular flexibility index (Phi) is 9.90. The van der Waals surface area contributed by atoms with E-state index in [1.165, 1.54) is 12.1 Å². The molecule has 2 amide bonds. The van der Waals surface area contributed by atoms with E-state index in [4.69, 9.17) is 9.47 Å². The third-order valence-corrected chi connectivity index (χ3v) is 8.09. The van der Waals surface area contributed by atoms with Crippen LogP contribution in [-0.2, 0) is 32.2 Å². The van der Waals surface area contributed by atoms with Crippen LogP contribution in [0.2, 0.25) is 0 Å². The van der Waals surface area contributed by atoms with Gasteiger partial charge in [0, 0.05) is 59.6 Å². The van der Waals surface area contributed by atoms with Gasteiger partial charge in [-0.05, 0) is 61.0 Å². The highest BCUT2D eigenvalue weighted by Gasteiger charge is 2.48. The minimum absolute atomic E-state index is 0.00367. The number of aryl methyl sites for hydroxylation is 1. The van der Waals surface area contributed by atoms with Crippen molar-refractivity contribution in [1.29, 1.82) is 0 Å². The number of carbonyl (C=O) groups is 2. The van der Waals surface area contributed by atoms with Crippen molar-refractivity contribution in [3.05, 3.63) is 102 Å². The number of nitrogens with zero attached hydrogens (tertiary/aromatic N) is 3. The van der Waals surface area contributed by atoms with Crippen molar-refractivity contribution >= 4 is 23.2 Å². The van der Waals surface area contributed by atoms with Gasteiger partial charge in [0.15, 0.2) is 5.79 Å². The summed E-state index contributed by atoms with van der Waals surface area (Å²) < 4.78 is 38.9. The van der Waals surface area contributed by atoms with Gasteiger partial charge < -0.3 is 29.6 Å². The summed E-state index contributed by atoms with van der Waals surface area (Å²) in [6.07, 6.45) is 6.53. The molecule has 2 fully saturated rings. The van der Waals surface area contributed by atoms with E-state index in [2.05, 4.69) is 21.9 Å². The van der Waals surface area contributed by atoms with Gasteiger partial charge in [0.25, 0.3) is 0 Å². The molecular formula is C34H37F2N5O4. The van der Waals surface area contributed by atoms with E-state index in [-0.39, 0.29) is 18.5 Å². The summed E-state index contributed by atoms with van der Waals surface area (Å²) in [5.41, 5.74) is 5.00. The van der Waals surface area contributed by atoms with Crippen LogP contribution in [-0.4, -0.2) is 70.2 Å². The number of H-pyrrole nitrogens is 1. The van der Waals surface area contributed by atoms with Crippen molar-refractivity contribution in [2.75, 3.05) is 26.3 Å². The molecule has 4 aromatic rings. The van der Waals surface area contributed by atoms with Crippen LogP contribution in [0.1, 0.15) is 30.2 Å². The maximum absolute atomic E-state index is 14.1. The summed E-state index contributed by atoms with van der Waals surface area (Å²) in [5, 5.41) is 3.65. The lowest BCUT2D eigenvalue weighted by Crippen LogP contribution is -2.42. The highest BCUT2D eigenvalue weighted by Crippen LogP contribution is 2.34. The normalized spacial score (nSPS) is 16.8. The van der Waals surface area contributed by atoms with Crippen molar-refractivity contribution in [1.82, 2.24) is 25.1 Å². The Bertz CT molecular complexity index is 1640. The zero-order valence-electron chi connectivity index (χ0n) is 25.4. The van der Waals surface area contributed by atoms with Crippen molar-refractivity contribution < 1.29 is 27.8 Å². The lowest BCUT2D eigenvalue weighted by atomic mass is 9.99. The van der Waals surface area contributed by atoms with Gasteiger partial charge in [0.1, 0.15) is 11.6 Å². The fourth-order valence-corrected chi connectivity index (χ4v) is 5.79. The van der Waals surface area contributed by atoms with Gasteiger partial charge in [-0.25, -0.2) is 8.78 Å². The Morgan fingerprint density at radius 1 is 1.20 bits per heavy atom. The molecule has 11 heteroatoms. The third-order valence-electron chi connectivity index (χ3n) is 8.09. The summed E-state index contributed by atoms with van der Waals surface area (Å²) in [7, 11) is 0. The lowest BCUT2D eigenvalue weighted by molar-refractivity contribution is -0.152. The highest BCUT2D eigenvalue weighted by molar-refractivity contribution is 5.79. The topological polar surface area (TPSA) is 99.8 Å². The Hall–Kier alpha value is -4.61. The molecule has 0 bridgehead atoms. The molecule has 9 nitrogen and oxygen atoms in total. The van der Waals surface area contributed by atoms with Crippen molar-refractivity contribution in [2.24, 2.45) is 0 Å². The minimum atomic E-state index is -0.657. The smallest absolute Gasteiger partial charge is 0.242 e. The van der Waals surface area contributed by atoms with Crippen molar-refractivity contribution in [2.45, 2.75) is 45.2 Å². The number of benzene rings is 2. The summed E-state index contributed by atoms with van der Waals surface area (Å²) in [6, 6.07) is 13.1. The van der Waals surface area contributed by atoms with E-state index >= 15 is 0 Å². The van der Waals surface area contributed by atoms with Crippen LogP contribution in [0, 0.1) is 18.6 Å². The van der Waals surface area contributed by atoms with Gasteiger partial charge in [0.05, 0.1) is 32.8 Å². The Labute approximate surface area is 260 Å². The average molecular weight is 618 g/mol. The molecule has 236 valence electrons. The fraction of sp³-hybridized carbons (Fsp3) is 0.324. The van der Waals surface area contributed by atoms with E-state index < -0.39 is 17.4 Å². The predicted octanol–water partition coefficient (Wildman–Crippen LogP) is 5.06. The van der Waals surface area contributed by atoms with Gasteiger partial charge in [-0.15, -0.1) is 0 Å². The molecule has 2 aromatic heterocycles. The first-order chi connectivity index (χ1) is 21.7. The summed E-state index contributed by atoms with van der Waals surface area (Å²) >= 11 is 0. The number of halogens is 2. The number of aromatic amines is 1. The number of fused-ring (bicyclic) bond motifs is 1. The monoisotopic (exact) mass is 617 g/mol. The molecule has 1 unspecified atom stereocenters. The van der Waals surface area contributed by atoms with Crippen LogP contribution in [0.3, 0.4) is 0 Å². The first-order valence-corrected chi connectivity index (χ1v) is 14.8. The van der Waals surface area contributed by atoms with Crippen LogP contribution in [0.4, 0.5) is 8.78 Å². The van der Waals surface area contributed by atoms with E-state index in [0.29, 0.717) is 56.8 Å². The molecule has 6 rings (SSSR count). The standard InChI is InChI=1S/C25H28F2N2O3.C9H9N3O/c1-4-28(15-24(30)29-16-25(13-18(29)3)31-9-10-32-25)14-20-6-5-19(11-17(20)2)22-8-7-21(26)12-23(22)27;13-6-11-5-8-3-7-4-10-2-1-9(7)12-8/h4-8,11-12,18H,1,9-10,13-16H2,2-3H3;1-4,6,12H,5H2,(H,11,13). The third kappa shape index (κ3) is 7.55. The molecule has 2 aliphatic rings.